The van der Waals surface area contributed by atoms with Gasteiger partial charge in [-0.05, 0) is 46.8 Å². The molecule has 0 saturated heterocycles. The van der Waals surface area contributed by atoms with Gasteiger partial charge in [0.05, 0.1) is 17.0 Å². The first-order valence-corrected chi connectivity index (χ1v) is 10.7. The average molecular weight is 408 g/mol. The molecule has 10 nitrogen and oxygen atoms in total. The summed E-state index contributed by atoms with van der Waals surface area (Å²) in [5.74, 6) is -0.0337. The maximum absolute atomic E-state index is 12.4. The van der Waals surface area contributed by atoms with Crippen molar-refractivity contribution in [3.63, 3.8) is 0 Å². The fourth-order valence-corrected chi connectivity index (χ4v) is 5.08. The number of carbonyl (C=O) groups is 1. The van der Waals surface area contributed by atoms with Gasteiger partial charge in [0.2, 0.25) is 0 Å². The van der Waals surface area contributed by atoms with Crippen molar-refractivity contribution in [3.05, 3.63) is 29.6 Å². The van der Waals surface area contributed by atoms with Crippen molar-refractivity contribution in [1.82, 2.24) is 20.2 Å². The summed E-state index contributed by atoms with van der Waals surface area (Å²) >= 11 is 1.23. The van der Waals surface area contributed by atoms with Gasteiger partial charge in [-0.3, -0.25) is 0 Å². The topological polar surface area (TPSA) is 120 Å². The zero-order chi connectivity index (χ0) is 19.0. The number of fused-ring (bicyclic) bond motifs is 3. The SMILES string of the molecule is CCCn1nnnc1COC(=O)c1ccc2c(c1)SC1=NS(=O)(=O)CCN12. The van der Waals surface area contributed by atoms with Crippen molar-refractivity contribution < 1.29 is 17.9 Å². The number of ether oxygens (including phenoxy) is 1. The summed E-state index contributed by atoms with van der Waals surface area (Å²) in [6, 6.07) is 5.12. The molecule has 3 heterocycles. The molecule has 0 saturated carbocycles. The quantitative estimate of drug-likeness (QED) is 0.669. The van der Waals surface area contributed by atoms with Crippen LogP contribution in [0.1, 0.15) is 29.5 Å². The molecule has 2 aliphatic rings. The van der Waals surface area contributed by atoms with E-state index in [1.54, 1.807) is 22.9 Å². The number of benzene rings is 1. The monoisotopic (exact) mass is 408 g/mol. The Morgan fingerprint density at radius 1 is 1.37 bits per heavy atom. The summed E-state index contributed by atoms with van der Waals surface area (Å²) in [4.78, 5) is 15.0. The van der Waals surface area contributed by atoms with Crippen molar-refractivity contribution in [3.8, 4) is 0 Å². The van der Waals surface area contributed by atoms with E-state index in [0.29, 0.717) is 29.6 Å². The van der Waals surface area contributed by atoms with Crippen LogP contribution in [0.15, 0.2) is 27.5 Å². The highest BCUT2D eigenvalue weighted by Crippen LogP contribution is 2.42. The number of hydrogen-bond donors (Lipinski definition) is 0. The second-order valence-corrected chi connectivity index (χ2v) is 8.75. The first-order valence-electron chi connectivity index (χ1n) is 8.31. The highest BCUT2D eigenvalue weighted by molar-refractivity contribution is 8.15. The van der Waals surface area contributed by atoms with Crippen molar-refractivity contribution >= 4 is 38.6 Å². The second kappa shape index (κ2) is 6.93. The molecule has 27 heavy (non-hydrogen) atoms. The molecule has 0 atom stereocenters. The van der Waals surface area contributed by atoms with E-state index in [9.17, 15) is 13.2 Å². The Hall–Kier alpha value is -2.47. The van der Waals surface area contributed by atoms with E-state index in [0.717, 1.165) is 17.0 Å². The van der Waals surface area contributed by atoms with Crippen molar-refractivity contribution in [2.24, 2.45) is 4.40 Å². The molecule has 0 N–H and O–H groups in total. The van der Waals surface area contributed by atoms with Crippen LogP contribution in [0.3, 0.4) is 0 Å². The minimum atomic E-state index is -3.41. The predicted octanol–water partition coefficient (Wildman–Crippen LogP) is 1.05. The molecule has 12 heteroatoms. The minimum Gasteiger partial charge on any atom is -0.454 e. The number of esters is 1. The molecule has 0 unspecified atom stereocenters. The lowest BCUT2D eigenvalue weighted by atomic mass is 10.2. The zero-order valence-corrected chi connectivity index (χ0v) is 16.0. The maximum atomic E-state index is 12.4. The molecule has 0 amide bonds. The summed E-state index contributed by atoms with van der Waals surface area (Å²) in [5, 5.41) is 11.7. The summed E-state index contributed by atoms with van der Waals surface area (Å²) in [6.45, 7) is 2.98. The van der Waals surface area contributed by atoms with Crippen LogP contribution in [0, 0.1) is 0 Å². The number of amidine groups is 1. The van der Waals surface area contributed by atoms with Crippen LogP contribution in [0.5, 0.6) is 0 Å². The van der Waals surface area contributed by atoms with Crippen molar-refractivity contribution in [1.29, 1.82) is 0 Å². The Balaban J connectivity index is 1.49. The fraction of sp³-hybridized carbons (Fsp3) is 0.400. The van der Waals surface area contributed by atoms with Gasteiger partial charge in [0, 0.05) is 18.0 Å². The lowest BCUT2D eigenvalue weighted by Crippen LogP contribution is -2.35. The van der Waals surface area contributed by atoms with Crippen LogP contribution < -0.4 is 4.90 Å². The van der Waals surface area contributed by atoms with Gasteiger partial charge in [-0.25, -0.2) is 17.9 Å². The molecule has 142 valence electrons. The van der Waals surface area contributed by atoms with E-state index in [1.165, 1.54) is 11.8 Å². The number of sulfonamides is 1. The lowest BCUT2D eigenvalue weighted by Gasteiger charge is -2.22. The Kier molecular flexibility index (Phi) is 4.60. The molecule has 2 aliphatic heterocycles. The Morgan fingerprint density at radius 2 is 2.22 bits per heavy atom. The number of tetrazole rings is 1. The average Bonchev–Trinajstić information content (AvgIpc) is 3.21. The Labute approximate surface area is 159 Å². The summed E-state index contributed by atoms with van der Waals surface area (Å²) in [7, 11) is -3.41. The third-order valence-corrected chi connectivity index (χ3v) is 6.39. The van der Waals surface area contributed by atoms with Crippen molar-refractivity contribution in [2.45, 2.75) is 31.4 Å². The van der Waals surface area contributed by atoms with Crippen LogP contribution in [0.2, 0.25) is 0 Å². The number of carbonyl (C=O) groups excluding carboxylic acids is 1. The van der Waals surface area contributed by atoms with Gasteiger partial charge in [0.25, 0.3) is 10.0 Å². The third kappa shape index (κ3) is 3.54. The molecule has 0 bridgehead atoms. The minimum absolute atomic E-state index is 0.0207. The van der Waals surface area contributed by atoms with Crippen LogP contribution in [-0.2, 0) is 27.9 Å². The first-order chi connectivity index (χ1) is 13.0. The fourth-order valence-electron chi connectivity index (χ4n) is 2.78. The normalized spacial score (nSPS) is 17.2. The molecule has 0 radical (unpaired) electrons. The molecular weight excluding hydrogens is 392 g/mol. The molecule has 0 aliphatic carbocycles. The predicted molar refractivity (Wildman–Crippen MR) is 98.1 cm³/mol. The zero-order valence-electron chi connectivity index (χ0n) is 14.4. The number of aryl methyl sites for hydroxylation is 1. The van der Waals surface area contributed by atoms with Gasteiger partial charge in [0.15, 0.2) is 17.6 Å². The van der Waals surface area contributed by atoms with Crippen LogP contribution in [0.25, 0.3) is 0 Å². The number of aromatic nitrogens is 4. The number of hydrogen-bond acceptors (Lipinski definition) is 9. The summed E-state index contributed by atoms with van der Waals surface area (Å²) in [5.41, 5.74) is 1.22. The molecule has 1 aromatic carbocycles. The highest BCUT2D eigenvalue weighted by Gasteiger charge is 2.33. The smallest absolute Gasteiger partial charge is 0.338 e. The van der Waals surface area contributed by atoms with Gasteiger partial charge >= 0.3 is 5.97 Å². The Morgan fingerprint density at radius 3 is 3.04 bits per heavy atom. The van der Waals surface area contributed by atoms with Gasteiger partial charge in [0.1, 0.15) is 0 Å². The van der Waals surface area contributed by atoms with Crippen LogP contribution in [0.4, 0.5) is 5.69 Å². The molecular formula is C15H16N6O4S2. The molecule has 0 fully saturated rings. The van der Waals surface area contributed by atoms with E-state index < -0.39 is 16.0 Å². The van der Waals surface area contributed by atoms with Crippen molar-refractivity contribution in [2.75, 3.05) is 17.2 Å². The van der Waals surface area contributed by atoms with Gasteiger partial charge in [-0.15, -0.1) is 9.50 Å². The number of thioether (sulfide) groups is 1. The number of anilines is 1. The molecule has 2 aromatic rings. The standard InChI is InChI=1S/C15H16N6O4S2/c1-2-5-21-13(16-18-19-21)9-25-14(22)10-3-4-11-12(8-10)26-15-17-27(23,24)7-6-20(11)15/h3-4,8H,2,5-7,9H2,1H3. The Bertz CT molecular complexity index is 1030. The largest absolute Gasteiger partial charge is 0.454 e. The van der Waals surface area contributed by atoms with E-state index in [1.807, 2.05) is 11.8 Å². The molecule has 1 aromatic heterocycles. The second-order valence-electron chi connectivity index (χ2n) is 5.99. The summed E-state index contributed by atoms with van der Waals surface area (Å²) < 4.78 is 34.1. The molecule has 0 spiro atoms. The van der Waals surface area contributed by atoms with E-state index in [2.05, 4.69) is 19.9 Å². The number of nitrogens with zero attached hydrogens (tertiary/aromatic N) is 6. The van der Waals surface area contributed by atoms with Crippen LogP contribution in [-0.4, -0.2) is 52.1 Å². The molecule has 4 rings (SSSR count). The first kappa shape index (κ1) is 17.9. The van der Waals surface area contributed by atoms with Gasteiger partial charge in [-0.1, -0.05) is 6.92 Å². The van der Waals surface area contributed by atoms with Crippen LogP contribution >= 0.6 is 11.8 Å². The maximum Gasteiger partial charge on any atom is 0.338 e. The van der Waals surface area contributed by atoms with E-state index in [4.69, 9.17) is 4.74 Å². The lowest BCUT2D eigenvalue weighted by molar-refractivity contribution is 0.0456. The summed E-state index contributed by atoms with van der Waals surface area (Å²) in [6.07, 6.45) is 0.865. The van der Waals surface area contributed by atoms with Gasteiger partial charge in [-0.2, -0.15) is 0 Å². The number of rotatable bonds is 5. The van der Waals surface area contributed by atoms with E-state index in [-0.39, 0.29) is 12.4 Å². The van der Waals surface area contributed by atoms with Gasteiger partial charge < -0.3 is 9.64 Å². The highest BCUT2D eigenvalue weighted by atomic mass is 32.2. The third-order valence-electron chi connectivity index (χ3n) is 4.08. The van der Waals surface area contributed by atoms with E-state index >= 15 is 0 Å².